The number of hydrogen-bond acceptors (Lipinski definition) is 6. The molecule has 8 heteroatoms. The van der Waals surface area contributed by atoms with E-state index in [2.05, 4.69) is 53.7 Å². The third-order valence-corrected chi connectivity index (χ3v) is 13.3. The van der Waals surface area contributed by atoms with Crippen molar-refractivity contribution in [1.29, 1.82) is 0 Å². The Bertz CT molecular complexity index is 1170. The van der Waals surface area contributed by atoms with Crippen LogP contribution >= 0.6 is 15.9 Å². The molecular formula is C30H41BrN2O5. The van der Waals surface area contributed by atoms with Crippen molar-refractivity contribution in [3.63, 3.8) is 0 Å². The number of hydrogen-bond donors (Lipinski definition) is 1. The van der Waals surface area contributed by atoms with Crippen molar-refractivity contribution in [2.45, 2.75) is 83.3 Å². The summed E-state index contributed by atoms with van der Waals surface area (Å²) in [5.74, 6) is 2.29. The van der Waals surface area contributed by atoms with E-state index in [1.165, 1.54) is 23.3 Å². The highest BCUT2D eigenvalue weighted by Gasteiger charge is 2.77. The molecule has 0 amide bonds. The van der Waals surface area contributed by atoms with Crippen LogP contribution in [0.4, 0.5) is 0 Å². The van der Waals surface area contributed by atoms with Crippen molar-refractivity contribution in [1.82, 2.24) is 9.78 Å². The summed E-state index contributed by atoms with van der Waals surface area (Å²) in [6.45, 7) is 9.12. The number of aromatic nitrogens is 2. The molecule has 0 bridgehead atoms. The minimum Gasteiger partial charge on any atom is -0.393 e. The highest BCUT2D eigenvalue weighted by molar-refractivity contribution is 9.09. The fraction of sp³-hybridized carbons (Fsp3) is 0.833. The number of aliphatic hydroxyl groups excluding tert-OH is 1. The largest absolute Gasteiger partial charge is 0.393 e. The van der Waals surface area contributed by atoms with Crippen molar-refractivity contribution in [2.24, 2.45) is 46.3 Å². The average molecular weight is 590 g/mol. The number of rotatable bonds is 3. The van der Waals surface area contributed by atoms with Crippen molar-refractivity contribution >= 4 is 22.0 Å². The molecule has 1 aromatic rings. The van der Waals surface area contributed by atoms with Crippen molar-refractivity contribution in [2.75, 3.05) is 25.5 Å². The van der Waals surface area contributed by atoms with Crippen LogP contribution in [0, 0.1) is 46.3 Å². The zero-order valence-electron chi connectivity index (χ0n) is 22.8. The average Bonchev–Trinajstić information content (AvgIpc) is 3.22. The number of fused-ring (bicyclic) bond motifs is 8. The van der Waals surface area contributed by atoms with Crippen LogP contribution in [0.3, 0.4) is 0 Å². The van der Waals surface area contributed by atoms with Gasteiger partial charge < -0.3 is 24.1 Å². The maximum absolute atomic E-state index is 12.1. The van der Waals surface area contributed by atoms with Gasteiger partial charge >= 0.3 is 0 Å². The van der Waals surface area contributed by atoms with E-state index in [-0.39, 0.29) is 30.3 Å². The molecule has 7 nitrogen and oxygen atoms in total. The Morgan fingerprint density at radius 1 is 1.16 bits per heavy atom. The van der Waals surface area contributed by atoms with E-state index in [1.54, 1.807) is 0 Å². The van der Waals surface area contributed by atoms with E-state index in [9.17, 15) is 5.11 Å². The van der Waals surface area contributed by atoms with E-state index >= 15 is 0 Å². The SMILES string of the molecule is C[C@H]1C[C@@H]2[C@H]([C@@H](O)C[C@@]3(C)[C@H]2CC[C@@]32OCOC23COCO3)[C@@]2(C)Cc3cnn(CC4CC4CBr)c3C=C12. The topological polar surface area (TPSA) is 75.0 Å². The first-order valence-electron chi connectivity index (χ1n) is 14.8. The molecule has 2 aliphatic heterocycles. The maximum Gasteiger partial charge on any atom is 0.226 e. The van der Waals surface area contributed by atoms with Gasteiger partial charge in [0.05, 0.1) is 18.0 Å². The zero-order chi connectivity index (χ0) is 26.1. The predicted molar refractivity (Wildman–Crippen MR) is 144 cm³/mol. The normalized spacial score (nSPS) is 52.6. The van der Waals surface area contributed by atoms with Crippen molar-refractivity contribution < 1.29 is 24.1 Å². The highest BCUT2D eigenvalue weighted by Crippen LogP contribution is 2.72. The van der Waals surface area contributed by atoms with Crippen molar-refractivity contribution in [3.05, 3.63) is 23.0 Å². The van der Waals surface area contributed by atoms with Gasteiger partial charge in [-0.3, -0.25) is 4.68 Å². The molecule has 6 fully saturated rings. The minimum absolute atomic E-state index is 0.0602. The molecule has 3 heterocycles. The molecule has 4 saturated carbocycles. The second kappa shape index (κ2) is 8.16. The summed E-state index contributed by atoms with van der Waals surface area (Å²) in [7, 11) is 0. The Labute approximate surface area is 233 Å². The van der Waals surface area contributed by atoms with Gasteiger partial charge in [0.25, 0.3) is 0 Å². The number of allylic oxidation sites excluding steroid dienone is 1. The molecule has 7 aliphatic rings. The third-order valence-electron chi connectivity index (χ3n) is 12.5. The summed E-state index contributed by atoms with van der Waals surface area (Å²) in [5, 5.41) is 18.1. The van der Waals surface area contributed by atoms with E-state index in [4.69, 9.17) is 24.0 Å². The molecule has 3 unspecified atom stereocenters. The van der Waals surface area contributed by atoms with Gasteiger partial charge in [0, 0.05) is 17.3 Å². The lowest BCUT2D eigenvalue weighted by Gasteiger charge is -2.62. The van der Waals surface area contributed by atoms with Crippen LogP contribution < -0.4 is 0 Å². The first-order valence-corrected chi connectivity index (χ1v) is 15.9. The summed E-state index contributed by atoms with van der Waals surface area (Å²) < 4.78 is 26.8. The summed E-state index contributed by atoms with van der Waals surface area (Å²) >= 11 is 3.66. The van der Waals surface area contributed by atoms with Crippen LogP contribution in [0.25, 0.3) is 6.08 Å². The molecule has 1 aromatic heterocycles. The number of alkyl halides is 1. The minimum atomic E-state index is -0.845. The molecule has 5 aliphatic carbocycles. The van der Waals surface area contributed by atoms with E-state index < -0.39 is 17.5 Å². The van der Waals surface area contributed by atoms with E-state index in [1.807, 2.05) is 0 Å². The van der Waals surface area contributed by atoms with Gasteiger partial charge in [-0.05, 0) is 91.1 Å². The summed E-state index contributed by atoms with van der Waals surface area (Å²) in [6, 6.07) is 0. The van der Waals surface area contributed by atoms with Gasteiger partial charge in [0.15, 0.2) is 13.6 Å². The lowest BCUT2D eigenvalue weighted by molar-refractivity contribution is -0.258. The Morgan fingerprint density at radius 3 is 2.76 bits per heavy atom. The van der Waals surface area contributed by atoms with E-state index in [0.717, 1.165) is 49.4 Å². The second-order valence-corrected chi connectivity index (χ2v) is 14.7. The first kappa shape index (κ1) is 25.0. The van der Waals surface area contributed by atoms with Crippen LogP contribution in [0.1, 0.15) is 64.1 Å². The van der Waals surface area contributed by atoms with Crippen LogP contribution in [0.2, 0.25) is 0 Å². The molecule has 8 rings (SSSR count). The molecule has 2 saturated heterocycles. The molecule has 11 atom stereocenters. The Morgan fingerprint density at radius 2 is 2.00 bits per heavy atom. The van der Waals surface area contributed by atoms with Gasteiger partial charge in [-0.15, -0.1) is 0 Å². The molecule has 1 N–H and O–H groups in total. The molecule has 0 aromatic carbocycles. The maximum atomic E-state index is 12.1. The second-order valence-electron chi connectivity index (χ2n) is 14.1. The van der Waals surface area contributed by atoms with Crippen LogP contribution in [0.5, 0.6) is 0 Å². The molecule has 0 radical (unpaired) electrons. The number of ether oxygens (including phenoxy) is 4. The lowest BCUT2D eigenvalue weighted by atomic mass is 9.43. The zero-order valence-corrected chi connectivity index (χ0v) is 24.4. The van der Waals surface area contributed by atoms with Crippen molar-refractivity contribution in [3.8, 4) is 0 Å². The van der Waals surface area contributed by atoms with Gasteiger partial charge in [-0.25, -0.2) is 0 Å². The lowest BCUT2D eigenvalue weighted by Crippen LogP contribution is -2.66. The quantitative estimate of drug-likeness (QED) is 0.513. The van der Waals surface area contributed by atoms with Crippen LogP contribution in [-0.4, -0.2) is 57.9 Å². The third kappa shape index (κ3) is 3.00. The van der Waals surface area contributed by atoms with Gasteiger partial charge in [-0.1, -0.05) is 42.3 Å². The summed E-state index contributed by atoms with van der Waals surface area (Å²) in [4.78, 5) is 0. The fourth-order valence-electron chi connectivity index (χ4n) is 10.7. The number of halogens is 1. The summed E-state index contributed by atoms with van der Waals surface area (Å²) in [5.41, 5.74) is 3.34. The van der Waals surface area contributed by atoms with Gasteiger partial charge in [-0.2, -0.15) is 5.10 Å². The molecule has 2 spiro atoms. The van der Waals surface area contributed by atoms with Crippen LogP contribution in [0.15, 0.2) is 11.8 Å². The predicted octanol–water partition coefficient (Wildman–Crippen LogP) is 4.76. The Balaban J connectivity index is 1.14. The standard InChI is InChI=1S/C30H41BrN2O5/c1-17-6-21-22-4-5-29(30(38-16-36-29)14-35-15-37-30)28(22,3)10-25(34)26(21)27(2)9-20-12-32-33(24(20)8-23(17)27)13-19-7-18(19)11-31/h8,12,17-19,21-22,25-26,34H,4-7,9-11,13-16H2,1-3H3/t17-,18?,19?,21-,22-,25-,26+,27-,28-,29+,30?/m0/s1. The first-order chi connectivity index (χ1) is 18.3. The highest BCUT2D eigenvalue weighted by atomic mass is 79.9. The Kier molecular flexibility index (Phi) is 5.36. The molecule has 38 heavy (non-hydrogen) atoms. The monoisotopic (exact) mass is 588 g/mol. The smallest absolute Gasteiger partial charge is 0.226 e. The molecular weight excluding hydrogens is 548 g/mol. The number of aliphatic hydroxyl groups is 1. The Hall–Kier alpha value is -0.770. The van der Waals surface area contributed by atoms with E-state index in [0.29, 0.717) is 30.8 Å². The van der Waals surface area contributed by atoms with Gasteiger partial charge in [0.2, 0.25) is 5.79 Å². The van der Waals surface area contributed by atoms with Crippen LogP contribution in [-0.2, 0) is 31.9 Å². The fourth-order valence-corrected chi connectivity index (χ4v) is 11.5. The van der Waals surface area contributed by atoms with Gasteiger partial charge in [0.1, 0.15) is 12.2 Å². The molecule has 208 valence electrons. The summed E-state index contributed by atoms with van der Waals surface area (Å²) in [6.07, 6.45) is 10.3. The number of nitrogens with zero attached hydrogens (tertiary/aromatic N) is 2.